The zero-order valence-corrected chi connectivity index (χ0v) is 15.1. The summed E-state index contributed by atoms with van der Waals surface area (Å²) in [5.74, 6) is 0.688. The summed E-state index contributed by atoms with van der Waals surface area (Å²) < 4.78 is 0. The molecule has 0 aliphatic carbocycles. The van der Waals surface area contributed by atoms with E-state index in [0.29, 0.717) is 16.4 Å². The van der Waals surface area contributed by atoms with E-state index in [4.69, 9.17) is 23.2 Å². The first kappa shape index (κ1) is 16.7. The quantitative estimate of drug-likeness (QED) is 0.417. The molecule has 4 aromatic rings. The summed E-state index contributed by atoms with van der Waals surface area (Å²) in [6.45, 7) is 0. The lowest BCUT2D eigenvalue weighted by atomic mass is 10.0. The second-order valence-corrected chi connectivity index (χ2v) is 6.70. The Hall–Kier alpha value is -2.75. The number of halogens is 2. The maximum Gasteiger partial charge on any atom is 0.141 e. The molecular weight excluding hydrogens is 367 g/mol. The van der Waals surface area contributed by atoms with Gasteiger partial charge in [0.15, 0.2) is 0 Å². The highest BCUT2D eigenvalue weighted by Crippen LogP contribution is 2.35. The van der Waals surface area contributed by atoms with Crippen molar-refractivity contribution in [1.29, 1.82) is 0 Å². The maximum atomic E-state index is 10.3. The van der Waals surface area contributed by atoms with E-state index in [2.05, 4.69) is 9.97 Å². The van der Waals surface area contributed by atoms with Crippen molar-refractivity contribution in [2.45, 2.75) is 0 Å². The smallest absolute Gasteiger partial charge is 0.141 e. The number of aromatic nitrogens is 2. The average Bonchev–Trinajstić information content (AvgIpc) is 3.08. The molecule has 0 atom stereocenters. The Bertz CT molecular complexity index is 1080. The molecule has 0 aliphatic rings. The molecule has 0 bridgehead atoms. The highest BCUT2D eigenvalue weighted by Gasteiger charge is 2.13. The van der Waals surface area contributed by atoms with Crippen LogP contribution in [0.4, 0.5) is 0 Å². The second kappa shape index (κ2) is 6.87. The molecule has 0 saturated heterocycles. The van der Waals surface area contributed by atoms with E-state index in [9.17, 15) is 5.11 Å². The molecule has 3 aromatic carbocycles. The first-order chi connectivity index (χ1) is 12.6. The standard InChI is InChI=1S/C21H14Cl2N2O/c22-15-10-14(20(26)17(23)12-15)11-16(13-6-2-1-3-7-13)21-24-18-8-4-5-9-19(18)25-21/h1-12,26H,(H,24,25). The summed E-state index contributed by atoms with van der Waals surface area (Å²) in [5.41, 5.74) is 4.13. The van der Waals surface area contributed by atoms with Crippen LogP contribution in [0.5, 0.6) is 5.75 Å². The van der Waals surface area contributed by atoms with E-state index < -0.39 is 0 Å². The van der Waals surface area contributed by atoms with Crippen LogP contribution >= 0.6 is 23.2 Å². The van der Waals surface area contributed by atoms with Gasteiger partial charge in [0.2, 0.25) is 0 Å². The highest BCUT2D eigenvalue weighted by molar-refractivity contribution is 6.36. The zero-order valence-electron chi connectivity index (χ0n) is 13.6. The largest absolute Gasteiger partial charge is 0.506 e. The lowest BCUT2D eigenvalue weighted by Gasteiger charge is -2.08. The van der Waals surface area contributed by atoms with Crippen molar-refractivity contribution < 1.29 is 5.11 Å². The lowest BCUT2D eigenvalue weighted by molar-refractivity contribution is 0.474. The molecule has 0 fully saturated rings. The van der Waals surface area contributed by atoms with E-state index in [1.54, 1.807) is 6.07 Å². The number of phenols is 1. The summed E-state index contributed by atoms with van der Waals surface area (Å²) in [4.78, 5) is 8.02. The fraction of sp³-hybridized carbons (Fsp3) is 0. The van der Waals surface area contributed by atoms with Gasteiger partial charge >= 0.3 is 0 Å². The fourth-order valence-corrected chi connectivity index (χ4v) is 3.35. The van der Waals surface area contributed by atoms with Crippen LogP contribution < -0.4 is 0 Å². The summed E-state index contributed by atoms with van der Waals surface area (Å²) in [5, 5.41) is 11.0. The summed E-state index contributed by atoms with van der Waals surface area (Å²) >= 11 is 12.2. The number of fused-ring (bicyclic) bond motifs is 1. The van der Waals surface area contributed by atoms with Crippen molar-refractivity contribution in [3.05, 3.63) is 93.7 Å². The number of hydrogen-bond acceptors (Lipinski definition) is 2. The number of imidazole rings is 1. The number of nitrogens with one attached hydrogen (secondary N) is 1. The van der Waals surface area contributed by atoms with Crippen molar-refractivity contribution in [2.75, 3.05) is 0 Å². The molecule has 0 radical (unpaired) electrons. The number of aromatic hydroxyl groups is 1. The maximum absolute atomic E-state index is 10.3. The van der Waals surface area contributed by atoms with E-state index in [1.807, 2.05) is 60.7 Å². The molecule has 0 saturated carbocycles. The Morgan fingerprint density at radius 1 is 0.962 bits per heavy atom. The minimum absolute atomic E-state index is 0.0133. The minimum Gasteiger partial charge on any atom is -0.506 e. The molecule has 2 N–H and O–H groups in total. The van der Waals surface area contributed by atoms with Gasteiger partial charge in [-0.2, -0.15) is 0 Å². The number of aromatic amines is 1. The number of rotatable bonds is 3. The zero-order chi connectivity index (χ0) is 18.1. The molecule has 5 heteroatoms. The van der Waals surface area contributed by atoms with Gasteiger partial charge in [0, 0.05) is 16.2 Å². The average molecular weight is 381 g/mol. The molecule has 26 heavy (non-hydrogen) atoms. The van der Waals surface area contributed by atoms with Crippen LogP contribution in [-0.4, -0.2) is 15.1 Å². The molecule has 0 amide bonds. The van der Waals surface area contributed by atoms with Crippen molar-refractivity contribution in [1.82, 2.24) is 9.97 Å². The summed E-state index contributed by atoms with van der Waals surface area (Å²) in [6, 6.07) is 20.9. The van der Waals surface area contributed by atoms with E-state index in [0.717, 1.165) is 22.2 Å². The fourth-order valence-electron chi connectivity index (χ4n) is 2.84. The monoisotopic (exact) mass is 380 g/mol. The van der Waals surface area contributed by atoms with Gasteiger partial charge in [0.25, 0.3) is 0 Å². The molecule has 0 spiro atoms. The van der Waals surface area contributed by atoms with Gasteiger partial charge in [-0.25, -0.2) is 4.98 Å². The first-order valence-corrected chi connectivity index (χ1v) is 8.77. The van der Waals surface area contributed by atoms with Gasteiger partial charge in [0.05, 0.1) is 16.1 Å². The van der Waals surface area contributed by atoms with Crippen molar-refractivity contribution in [3.63, 3.8) is 0 Å². The number of phenolic OH excluding ortho intramolecular Hbond substituents is 1. The highest BCUT2D eigenvalue weighted by atomic mass is 35.5. The normalized spacial score (nSPS) is 11.8. The minimum atomic E-state index is -0.0133. The number of H-pyrrole nitrogens is 1. The van der Waals surface area contributed by atoms with Crippen molar-refractivity contribution >= 4 is 45.9 Å². The SMILES string of the molecule is Oc1c(Cl)cc(Cl)cc1C=C(c1ccccc1)c1nc2ccccc2[nH]1. The van der Waals surface area contributed by atoms with Crippen LogP contribution in [0.2, 0.25) is 10.0 Å². The van der Waals surface area contributed by atoms with Gasteiger partial charge in [-0.1, -0.05) is 65.7 Å². The molecule has 0 unspecified atom stereocenters. The first-order valence-electron chi connectivity index (χ1n) is 8.02. The molecule has 1 aromatic heterocycles. The molecule has 128 valence electrons. The van der Waals surface area contributed by atoms with Crippen LogP contribution in [0.25, 0.3) is 22.7 Å². The number of hydrogen-bond donors (Lipinski definition) is 2. The summed E-state index contributed by atoms with van der Waals surface area (Å²) in [7, 11) is 0. The third-order valence-corrected chi connectivity index (χ3v) is 4.59. The van der Waals surface area contributed by atoms with Crippen LogP contribution in [0, 0.1) is 0 Å². The molecule has 3 nitrogen and oxygen atoms in total. The number of nitrogens with zero attached hydrogens (tertiary/aromatic N) is 1. The van der Waals surface area contributed by atoms with Crippen LogP contribution in [0.15, 0.2) is 66.7 Å². The Morgan fingerprint density at radius 3 is 2.46 bits per heavy atom. The van der Waals surface area contributed by atoms with Gasteiger partial charge in [-0.15, -0.1) is 0 Å². The Morgan fingerprint density at radius 2 is 1.69 bits per heavy atom. The summed E-state index contributed by atoms with van der Waals surface area (Å²) in [6.07, 6.45) is 1.83. The molecule has 0 aliphatic heterocycles. The van der Waals surface area contributed by atoms with E-state index >= 15 is 0 Å². The third kappa shape index (κ3) is 3.19. The number of benzene rings is 3. The van der Waals surface area contributed by atoms with Gasteiger partial charge in [0.1, 0.15) is 11.6 Å². The van der Waals surface area contributed by atoms with Crippen LogP contribution in [-0.2, 0) is 0 Å². The van der Waals surface area contributed by atoms with E-state index in [1.165, 1.54) is 6.07 Å². The predicted molar refractivity (Wildman–Crippen MR) is 108 cm³/mol. The predicted octanol–water partition coefficient (Wildman–Crippen LogP) is 6.16. The second-order valence-electron chi connectivity index (χ2n) is 5.85. The Balaban J connectivity index is 1.95. The molecule has 4 rings (SSSR count). The topological polar surface area (TPSA) is 48.9 Å². The van der Waals surface area contributed by atoms with E-state index in [-0.39, 0.29) is 10.8 Å². The van der Waals surface area contributed by atoms with Gasteiger partial charge < -0.3 is 10.1 Å². The Kier molecular flexibility index (Phi) is 4.41. The third-order valence-electron chi connectivity index (χ3n) is 4.09. The van der Waals surface area contributed by atoms with Crippen LogP contribution in [0.3, 0.4) is 0 Å². The lowest BCUT2D eigenvalue weighted by Crippen LogP contribution is -1.91. The van der Waals surface area contributed by atoms with Crippen molar-refractivity contribution in [2.24, 2.45) is 0 Å². The number of para-hydroxylation sites is 2. The van der Waals surface area contributed by atoms with Gasteiger partial charge in [-0.3, -0.25) is 0 Å². The van der Waals surface area contributed by atoms with Crippen molar-refractivity contribution in [3.8, 4) is 5.75 Å². The van der Waals surface area contributed by atoms with Gasteiger partial charge in [-0.05, 0) is 35.9 Å². The molecule has 1 heterocycles. The molecular formula is C21H14Cl2N2O. The Labute approximate surface area is 160 Å². The van der Waals surface area contributed by atoms with Crippen LogP contribution in [0.1, 0.15) is 17.0 Å².